The molecule has 1 saturated carbocycles. The van der Waals surface area contributed by atoms with Crippen molar-refractivity contribution in [3.63, 3.8) is 0 Å². The van der Waals surface area contributed by atoms with Crippen molar-refractivity contribution in [2.45, 2.75) is 51.6 Å². The molecule has 4 rings (SSSR count). The quantitative estimate of drug-likeness (QED) is 0.622. The summed E-state index contributed by atoms with van der Waals surface area (Å²) in [6.07, 6.45) is 6.74. The minimum absolute atomic E-state index is 0. The summed E-state index contributed by atoms with van der Waals surface area (Å²) in [7, 11) is 2.09. The number of piperidine rings is 1. The number of carbonyl (C=O) groups is 1. The van der Waals surface area contributed by atoms with Crippen LogP contribution in [0.25, 0.3) is 0 Å². The van der Waals surface area contributed by atoms with Crippen LogP contribution in [-0.2, 0) is 0 Å². The molecule has 1 aliphatic carbocycles. The van der Waals surface area contributed by atoms with Crippen LogP contribution in [0.15, 0.2) is 36.5 Å². The lowest BCUT2D eigenvalue weighted by atomic mass is 9.99. The van der Waals surface area contributed by atoms with Gasteiger partial charge in [0.2, 0.25) is 0 Å². The molecule has 1 aromatic heterocycles. The Morgan fingerprint density at radius 1 is 1.19 bits per heavy atom. The van der Waals surface area contributed by atoms with Crippen molar-refractivity contribution < 1.29 is 4.79 Å². The number of anilines is 2. The molecule has 2 heterocycles. The molecule has 5 nitrogen and oxygen atoms in total. The zero-order valence-corrected chi connectivity index (χ0v) is 20.0. The van der Waals surface area contributed by atoms with Crippen molar-refractivity contribution in [1.29, 1.82) is 0 Å². The topological polar surface area (TPSA) is 48.5 Å². The summed E-state index contributed by atoms with van der Waals surface area (Å²) in [6.45, 7) is 6.59. The number of amides is 1. The van der Waals surface area contributed by atoms with Crippen LogP contribution in [0.4, 0.5) is 11.5 Å². The van der Waals surface area contributed by atoms with Crippen molar-refractivity contribution in [2.75, 3.05) is 30.4 Å². The Morgan fingerprint density at radius 3 is 2.52 bits per heavy atom. The minimum atomic E-state index is -0.185. The molecule has 1 saturated heterocycles. The predicted molar refractivity (Wildman–Crippen MR) is 131 cm³/mol. The van der Waals surface area contributed by atoms with Crippen molar-refractivity contribution in [3.05, 3.63) is 52.7 Å². The van der Waals surface area contributed by atoms with E-state index in [1.165, 1.54) is 12.8 Å². The molecule has 1 amide bonds. The highest BCUT2D eigenvalue weighted by atomic mass is 35.5. The van der Waals surface area contributed by atoms with Crippen molar-refractivity contribution in [1.82, 2.24) is 9.88 Å². The normalized spacial score (nSPS) is 18.2. The molecule has 0 spiro atoms. The van der Waals surface area contributed by atoms with Crippen molar-refractivity contribution in [3.8, 4) is 0 Å². The number of hydrogen-bond acceptors (Lipinski definition) is 4. The molecular formula is C24H32Cl2N4O. The first-order valence-corrected chi connectivity index (χ1v) is 11.3. The molecule has 1 N–H and O–H groups in total. The summed E-state index contributed by atoms with van der Waals surface area (Å²) < 4.78 is 0. The van der Waals surface area contributed by atoms with E-state index in [1.54, 1.807) is 12.3 Å². The first kappa shape index (κ1) is 23.8. The van der Waals surface area contributed by atoms with Crippen LogP contribution >= 0.6 is 24.0 Å². The lowest BCUT2D eigenvalue weighted by Crippen LogP contribution is -2.47. The smallest absolute Gasteiger partial charge is 0.258 e. The standard InChI is InChI=1S/C24H31ClN4O.ClH/c1-16-4-9-23(26-15-16)27-24(30)21-14-19(25)7-8-22(21)28(3)20-10-12-29(13-11-20)17(2)18-5-6-18;/h4,7-9,14-15,17-18,20H,5-6,10-13H2,1-3H3,(H,26,27,30);1H. The second-order valence-corrected chi connectivity index (χ2v) is 9.23. The van der Waals surface area contributed by atoms with E-state index < -0.39 is 0 Å². The van der Waals surface area contributed by atoms with Gasteiger partial charge in [0.25, 0.3) is 5.91 Å². The first-order chi connectivity index (χ1) is 14.4. The van der Waals surface area contributed by atoms with Crippen LogP contribution < -0.4 is 10.2 Å². The molecule has 2 aromatic rings. The molecule has 1 unspecified atom stereocenters. The summed E-state index contributed by atoms with van der Waals surface area (Å²) in [4.78, 5) is 22.2. The maximum absolute atomic E-state index is 13.0. The SMILES string of the molecule is Cc1ccc(NC(=O)c2cc(Cl)ccc2N(C)C2CCN(C(C)C3CC3)CC2)nc1.Cl. The zero-order valence-electron chi connectivity index (χ0n) is 18.5. The minimum Gasteiger partial charge on any atom is -0.371 e. The highest BCUT2D eigenvalue weighted by Gasteiger charge is 2.34. The van der Waals surface area contributed by atoms with Crippen LogP contribution in [0.1, 0.15) is 48.5 Å². The predicted octanol–water partition coefficient (Wildman–Crippen LogP) is 5.42. The van der Waals surface area contributed by atoms with E-state index in [9.17, 15) is 4.79 Å². The Hall–Kier alpha value is -1.82. The molecule has 168 valence electrons. The average Bonchev–Trinajstić information content (AvgIpc) is 3.60. The molecule has 2 aliphatic rings. The summed E-state index contributed by atoms with van der Waals surface area (Å²) in [5, 5.41) is 3.47. The second-order valence-electron chi connectivity index (χ2n) is 8.79. The monoisotopic (exact) mass is 462 g/mol. The van der Waals surface area contributed by atoms with Gasteiger partial charge in [0, 0.05) is 49.1 Å². The number of pyridine rings is 1. The van der Waals surface area contributed by atoms with Gasteiger partial charge in [0.05, 0.1) is 5.56 Å². The van der Waals surface area contributed by atoms with Crippen molar-refractivity contribution in [2.24, 2.45) is 5.92 Å². The molecule has 7 heteroatoms. The van der Waals surface area contributed by atoms with E-state index in [-0.39, 0.29) is 18.3 Å². The number of nitrogens with one attached hydrogen (secondary N) is 1. The lowest BCUT2D eigenvalue weighted by Gasteiger charge is -2.40. The van der Waals surface area contributed by atoms with Crippen LogP contribution in [0, 0.1) is 12.8 Å². The maximum Gasteiger partial charge on any atom is 0.258 e. The highest BCUT2D eigenvalue weighted by molar-refractivity contribution is 6.31. The molecular weight excluding hydrogens is 431 g/mol. The van der Waals surface area contributed by atoms with Crippen molar-refractivity contribution >= 4 is 41.4 Å². The van der Waals surface area contributed by atoms with Gasteiger partial charge in [-0.05, 0) is 75.3 Å². The number of nitrogens with zero attached hydrogens (tertiary/aromatic N) is 3. The number of likely N-dealkylation sites (tertiary alicyclic amines) is 1. The Labute approximate surface area is 196 Å². The number of aryl methyl sites for hydroxylation is 1. The Morgan fingerprint density at radius 2 is 1.90 bits per heavy atom. The second kappa shape index (κ2) is 10.2. The Bertz CT molecular complexity index is 893. The molecule has 1 aliphatic heterocycles. The molecule has 2 fully saturated rings. The molecule has 0 radical (unpaired) electrons. The Kier molecular flexibility index (Phi) is 7.84. The summed E-state index contributed by atoms with van der Waals surface area (Å²) in [6, 6.07) is 10.4. The number of aromatic nitrogens is 1. The van der Waals surface area contributed by atoms with Gasteiger partial charge >= 0.3 is 0 Å². The number of hydrogen-bond donors (Lipinski definition) is 1. The van der Waals surface area contributed by atoms with Gasteiger partial charge in [-0.15, -0.1) is 12.4 Å². The van der Waals surface area contributed by atoms with E-state index >= 15 is 0 Å². The van der Waals surface area contributed by atoms with Crippen LogP contribution in [-0.4, -0.2) is 48.0 Å². The average molecular weight is 463 g/mol. The van der Waals surface area contributed by atoms with Crippen LogP contribution in [0.2, 0.25) is 5.02 Å². The summed E-state index contributed by atoms with van der Waals surface area (Å²) >= 11 is 6.24. The number of carbonyl (C=O) groups excluding carboxylic acids is 1. The lowest BCUT2D eigenvalue weighted by molar-refractivity contribution is 0.102. The first-order valence-electron chi connectivity index (χ1n) is 10.9. The third kappa shape index (κ3) is 5.71. The third-order valence-electron chi connectivity index (χ3n) is 6.66. The Balaban J connectivity index is 0.00000272. The van der Waals surface area contributed by atoms with Gasteiger partial charge in [0.1, 0.15) is 5.82 Å². The van der Waals surface area contributed by atoms with E-state index in [4.69, 9.17) is 11.6 Å². The number of rotatable bonds is 6. The van der Waals surface area contributed by atoms with E-state index in [0.29, 0.717) is 28.5 Å². The highest BCUT2D eigenvalue weighted by Crippen LogP contribution is 2.36. The van der Waals surface area contributed by atoms with E-state index in [2.05, 4.69) is 34.1 Å². The van der Waals surface area contributed by atoms with E-state index in [1.807, 2.05) is 31.2 Å². The molecule has 31 heavy (non-hydrogen) atoms. The van der Waals surface area contributed by atoms with Gasteiger partial charge < -0.3 is 15.1 Å². The van der Waals surface area contributed by atoms with Crippen LogP contribution in [0.3, 0.4) is 0 Å². The maximum atomic E-state index is 13.0. The molecule has 1 aromatic carbocycles. The third-order valence-corrected chi connectivity index (χ3v) is 6.90. The number of benzene rings is 1. The molecule has 0 bridgehead atoms. The summed E-state index contributed by atoms with van der Waals surface area (Å²) in [5.74, 6) is 1.26. The zero-order chi connectivity index (χ0) is 21.3. The van der Waals surface area contributed by atoms with Gasteiger partial charge in [-0.1, -0.05) is 17.7 Å². The molecule has 1 atom stereocenters. The fourth-order valence-electron chi connectivity index (χ4n) is 4.48. The van der Waals surface area contributed by atoms with Gasteiger partial charge in [0.15, 0.2) is 0 Å². The summed E-state index contributed by atoms with van der Waals surface area (Å²) in [5.41, 5.74) is 2.55. The van der Waals surface area contributed by atoms with Gasteiger partial charge in [-0.25, -0.2) is 4.98 Å². The fraction of sp³-hybridized carbons (Fsp3) is 0.500. The largest absolute Gasteiger partial charge is 0.371 e. The van der Waals surface area contributed by atoms with Gasteiger partial charge in [-0.3, -0.25) is 4.79 Å². The van der Waals surface area contributed by atoms with Crippen LogP contribution in [0.5, 0.6) is 0 Å². The van der Waals surface area contributed by atoms with Gasteiger partial charge in [-0.2, -0.15) is 0 Å². The number of halogens is 2. The fourth-order valence-corrected chi connectivity index (χ4v) is 4.65. The van der Waals surface area contributed by atoms with E-state index in [0.717, 1.165) is 43.1 Å².